The molecule has 1 nitrogen and oxygen atoms in total. The van der Waals surface area contributed by atoms with Crippen molar-refractivity contribution in [2.24, 2.45) is 0 Å². The van der Waals surface area contributed by atoms with E-state index in [0.29, 0.717) is 0 Å². The van der Waals surface area contributed by atoms with Crippen LogP contribution in [0.1, 0.15) is 5.56 Å². The van der Waals surface area contributed by atoms with Gasteiger partial charge in [0.15, 0.2) is 0 Å². The quantitative estimate of drug-likeness (QED) is 0.650. The molecule has 0 aliphatic rings. The van der Waals surface area contributed by atoms with E-state index in [-0.39, 0.29) is 0 Å². The minimum absolute atomic E-state index is 0.755. The molecule has 65 valence electrons. The zero-order valence-electron chi connectivity index (χ0n) is 7.07. The Bertz CT molecular complexity index is 400. The molecule has 0 N–H and O–H groups in total. The van der Waals surface area contributed by atoms with Crippen molar-refractivity contribution in [3.63, 3.8) is 0 Å². The predicted octanol–water partition coefficient (Wildman–Crippen LogP) is 3.31. The first-order valence-corrected chi connectivity index (χ1v) is 4.39. The van der Waals surface area contributed by atoms with Gasteiger partial charge >= 0.3 is 0 Å². The van der Waals surface area contributed by atoms with Crippen LogP contribution in [0, 0.1) is 6.92 Å². The van der Waals surface area contributed by atoms with Crippen molar-refractivity contribution in [2.75, 3.05) is 0 Å². The van der Waals surface area contributed by atoms with Gasteiger partial charge in [-0.05, 0) is 42.8 Å². The van der Waals surface area contributed by atoms with E-state index in [0.717, 1.165) is 16.3 Å². The van der Waals surface area contributed by atoms with Crippen LogP contribution >= 0.6 is 11.6 Å². The summed E-state index contributed by atoms with van der Waals surface area (Å²) in [6, 6.07) is 9.66. The minimum Gasteiger partial charge on any atom is -0.324 e. The predicted molar refractivity (Wildman–Crippen MR) is 55.2 cm³/mol. The fourth-order valence-corrected chi connectivity index (χ4v) is 1.34. The Hall–Kier alpha value is -1.21. The highest BCUT2D eigenvalue weighted by atomic mass is 35.5. The lowest BCUT2D eigenvalue weighted by Gasteiger charge is -2.01. The molecular weight excluding hydrogens is 182 g/mol. The average Bonchev–Trinajstić information content (AvgIpc) is 2.53. The summed E-state index contributed by atoms with van der Waals surface area (Å²) in [5.74, 6) is 0. The molecule has 2 aromatic rings. The summed E-state index contributed by atoms with van der Waals surface area (Å²) in [5, 5.41) is 0.755. The third-order valence-electron chi connectivity index (χ3n) is 1.88. The van der Waals surface area contributed by atoms with Gasteiger partial charge in [0.2, 0.25) is 0 Å². The summed E-state index contributed by atoms with van der Waals surface area (Å²) >= 11 is 5.78. The maximum absolute atomic E-state index is 5.78. The Labute approximate surface area is 82.6 Å². The second-order valence-corrected chi connectivity index (χ2v) is 3.34. The summed E-state index contributed by atoms with van der Waals surface area (Å²) in [6.45, 7) is 3.84. The van der Waals surface area contributed by atoms with E-state index in [1.807, 2.05) is 47.3 Å². The van der Waals surface area contributed by atoms with Gasteiger partial charge in [0, 0.05) is 23.1 Å². The summed E-state index contributed by atoms with van der Waals surface area (Å²) in [5.41, 5.74) is 2.11. The SMILES string of the molecule is [CH2]c1ccn(-c2ccc(Cl)cc2)c1. The molecule has 0 fully saturated rings. The summed E-state index contributed by atoms with van der Waals surface area (Å²) in [7, 11) is 0. The Kier molecular flexibility index (Phi) is 2.11. The Morgan fingerprint density at radius 3 is 2.31 bits per heavy atom. The summed E-state index contributed by atoms with van der Waals surface area (Å²) < 4.78 is 2.01. The number of benzene rings is 1. The van der Waals surface area contributed by atoms with Crippen molar-refractivity contribution < 1.29 is 0 Å². The Morgan fingerprint density at radius 2 is 1.77 bits per heavy atom. The Balaban J connectivity index is 2.41. The maximum atomic E-state index is 5.78. The van der Waals surface area contributed by atoms with Gasteiger partial charge in [-0.25, -0.2) is 0 Å². The standard InChI is InChI=1S/C11H9ClN/c1-9-6-7-13(8-9)11-4-2-10(12)3-5-11/h2-8H,1H2. The van der Waals surface area contributed by atoms with Crippen molar-refractivity contribution in [1.82, 2.24) is 4.57 Å². The number of hydrogen-bond acceptors (Lipinski definition) is 0. The second-order valence-electron chi connectivity index (χ2n) is 2.90. The first kappa shape index (κ1) is 8.39. The van der Waals surface area contributed by atoms with E-state index in [9.17, 15) is 0 Å². The van der Waals surface area contributed by atoms with Crippen molar-refractivity contribution >= 4 is 11.6 Å². The second kappa shape index (κ2) is 3.27. The normalized spacial score (nSPS) is 10.3. The summed E-state index contributed by atoms with van der Waals surface area (Å²) in [4.78, 5) is 0. The van der Waals surface area contributed by atoms with E-state index in [1.165, 1.54) is 0 Å². The smallest absolute Gasteiger partial charge is 0.0450 e. The van der Waals surface area contributed by atoms with Crippen LogP contribution in [0.3, 0.4) is 0 Å². The van der Waals surface area contributed by atoms with E-state index < -0.39 is 0 Å². The fourth-order valence-electron chi connectivity index (χ4n) is 1.21. The highest BCUT2D eigenvalue weighted by Gasteiger charge is 1.95. The van der Waals surface area contributed by atoms with Gasteiger partial charge in [-0.2, -0.15) is 0 Å². The van der Waals surface area contributed by atoms with Crippen molar-refractivity contribution in [3.8, 4) is 5.69 Å². The minimum atomic E-state index is 0.755. The van der Waals surface area contributed by atoms with Crippen molar-refractivity contribution in [3.05, 3.63) is 60.2 Å². The first-order chi connectivity index (χ1) is 6.25. The van der Waals surface area contributed by atoms with Crippen LogP contribution in [0.2, 0.25) is 5.02 Å². The van der Waals surface area contributed by atoms with Gasteiger partial charge in [0.05, 0.1) is 0 Å². The molecule has 2 rings (SSSR count). The zero-order valence-corrected chi connectivity index (χ0v) is 7.83. The lowest BCUT2D eigenvalue weighted by Crippen LogP contribution is -1.87. The molecule has 0 saturated carbocycles. The molecule has 0 amide bonds. The van der Waals surface area contributed by atoms with Gasteiger partial charge in [-0.3, -0.25) is 0 Å². The van der Waals surface area contributed by atoms with Gasteiger partial charge in [-0.15, -0.1) is 0 Å². The molecule has 1 radical (unpaired) electrons. The molecule has 1 heterocycles. The molecule has 2 heteroatoms. The number of halogens is 1. The first-order valence-electron chi connectivity index (χ1n) is 4.01. The summed E-state index contributed by atoms with van der Waals surface area (Å²) in [6.07, 6.45) is 3.95. The highest BCUT2D eigenvalue weighted by Crippen LogP contribution is 2.14. The maximum Gasteiger partial charge on any atom is 0.0450 e. The zero-order chi connectivity index (χ0) is 9.26. The van der Waals surface area contributed by atoms with E-state index >= 15 is 0 Å². The molecule has 0 aliphatic carbocycles. The van der Waals surface area contributed by atoms with Gasteiger partial charge < -0.3 is 4.57 Å². The van der Waals surface area contributed by atoms with E-state index in [1.54, 1.807) is 0 Å². The third-order valence-corrected chi connectivity index (χ3v) is 2.13. The molecular formula is C11H9ClN. The van der Waals surface area contributed by atoms with Crippen LogP contribution in [0.15, 0.2) is 42.7 Å². The topological polar surface area (TPSA) is 4.93 Å². The van der Waals surface area contributed by atoms with E-state index in [2.05, 4.69) is 6.92 Å². The fraction of sp³-hybridized carbons (Fsp3) is 0. The van der Waals surface area contributed by atoms with Crippen molar-refractivity contribution in [2.45, 2.75) is 0 Å². The molecule has 0 saturated heterocycles. The van der Waals surface area contributed by atoms with Crippen LogP contribution < -0.4 is 0 Å². The van der Waals surface area contributed by atoms with Gasteiger partial charge in [0.1, 0.15) is 0 Å². The highest BCUT2D eigenvalue weighted by molar-refractivity contribution is 6.30. The molecule has 0 aliphatic heterocycles. The lowest BCUT2D eigenvalue weighted by atomic mass is 10.3. The monoisotopic (exact) mass is 190 g/mol. The lowest BCUT2D eigenvalue weighted by molar-refractivity contribution is 1.08. The molecule has 1 aromatic carbocycles. The Morgan fingerprint density at radius 1 is 1.08 bits per heavy atom. The molecule has 13 heavy (non-hydrogen) atoms. The number of rotatable bonds is 1. The number of aromatic nitrogens is 1. The molecule has 1 aromatic heterocycles. The van der Waals surface area contributed by atoms with Crippen LogP contribution in [0.25, 0.3) is 5.69 Å². The van der Waals surface area contributed by atoms with E-state index in [4.69, 9.17) is 11.6 Å². The van der Waals surface area contributed by atoms with Crippen LogP contribution in [-0.2, 0) is 0 Å². The average molecular weight is 191 g/mol. The number of nitrogens with zero attached hydrogens (tertiary/aromatic N) is 1. The molecule has 0 unspecified atom stereocenters. The van der Waals surface area contributed by atoms with Crippen LogP contribution in [0.4, 0.5) is 0 Å². The molecule has 0 spiro atoms. The number of hydrogen-bond donors (Lipinski definition) is 0. The van der Waals surface area contributed by atoms with Crippen molar-refractivity contribution in [1.29, 1.82) is 0 Å². The van der Waals surface area contributed by atoms with Crippen LogP contribution in [0.5, 0.6) is 0 Å². The largest absolute Gasteiger partial charge is 0.324 e. The van der Waals surface area contributed by atoms with Gasteiger partial charge in [0.25, 0.3) is 0 Å². The molecule has 0 atom stereocenters. The van der Waals surface area contributed by atoms with Gasteiger partial charge in [-0.1, -0.05) is 11.6 Å². The third kappa shape index (κ3) is 1.76. The molecule has 0 bridgehead atoms. The van der Waals surface area contributed by atoms with Crippen LogP contribution in [-0.4, -0.2) is 4.57 Å².